The number of aromatic amines is 1. The van der Waals surface area contributed by atoms with Crippen LogP contribution in [0.5, 0.6) is 0 Å². The van der Waals surface area contributed by atoms with Gasteiger partial charge in [0.05, 0.1) is 23.3 Å². The Bertz CT molecular complexity index is 1190. The maximum atomic E-state index is 13.1. The van der Waals surface area contributed by atoms with Crippen molar-refractivity contribution in [2.24, 2.45) is 0 Å². The number of nitrogens with one attached hydrogen (secondary N) is 1. The van der Waals surface area contributed by atoms with Crippen LogP contribution in [-0.2, 0) is 4.79 Å². The molecule has 0 saturated heterocycles. The first-order chi connectivity index (χ1) is 14.7. The molecule has 0 spiro atoms. The summed E-state index contributed by atoms with van der Waals surface area (Å²) in [5, 5.41) is 18.1. The topological polar surface area (TPSA) is 98.8 Å². The average molecular weight is 417 g/mol. The number of aromatic nitrogens is 3. The van der Waals surface area contributed by atoms with Gasteiger partial charge in [-0.25, -0.2) is 0 Å². The van der Waals surface area contributed by atoms with Gasteiger partial charge in [-0.05, 0) is 25.1 Å². The molecule has 0 radical (unpaired) electrons. The second kappa shape index (κ2) is 8.84. The highest BCUT2D eigenvalue weighted by atomic mass is 32.2. The molecule has 0 aliphatic carbocycles. The minimum atomic E-state index is -0.458. The first kappa shape index (κ1) is 19.7. The van der Waals surface area contributed by atoms with E-state index in [9.17, 15) is 4.79 Å². The normalized spacial score (nSPS) is 11.9. The first-order valence-electron chi connectivity index (χ1n) is 9.47. The predicted octanol–water partition coefficient (Wildman–Crippen LogP) is 4.65. The van der Waals surface area contributed by atoms with E-state index < -0.39 is 5.25 Å². The van der Waals surface area contributed by atoms with E-state index in [0.29, 0.717) is 17.7 Å². The number of anilines is 1. The van der Waals surface area contributed by atoms with Crippen molar-refractivity contribution in [3.05, 3.63) is 60.8 Å². The van der Waals surface area contributed by atoms with Crippen molar-refractivity contribution in [2.75, 3.05) is 11.4 Å². The fourth-order valence-electron chi connectivity index (χ4n) is 3.17. The van der Waals surface area contributed by atoms with Gasteiger partial charge in [0.15, 0.2) is 0 Å². The van der Waals surface area contributed by atoms with Crippen LogP contribution in [0.2, 0.25) is 0 Å². The molecule has 2 aromatic carbocycles. The molecule has 0 saturated carbocycles. The van der Waals surface area contributed by atoms with Gasteiger partial charge in [-0.3, -0.25) is 4.79 Å². The monoisotopic (exact) mass is 417 g/mol. The van der Waals surface area contributed by atoms with E-state index in [1.54, 1.807) is 11.8 Å². The van der Waals surface area contributed by atoms with Crippen LogP contribution < -0.4 is 4.90 Å². The number of thioether (sulfide) groups is 1. The Labute approximate surface area is 177 Å². The maximum Gasteiger partial charge on any atom is 0.277 e. The lowest BCUT2D eigenvalue weighted by atomic mass is 10.2. The standard InChI is InChI=1S/C22H19N5O2S/c1-15(21(28)27(13-7-12-23)16-8-3-2-4-9-16)30-22-26-25-20(29-22)18-14-24-19-11-6-5-10-17(18)19/h2-6,8-11,14-15,24H,7,13H2,1H3/t15-/m0/s1. The lowest BCUT2D eigenvalue weighted by Crippen LogP contribution is -2.37. The van der Waals surface area contributed by atoms with Crippen LogP contribution in [-0.4, -0.2) is 32.9 Å². The van der Waals surface area contributed by atoms with Crippen molar-refractivity contribution in [3.8, 4) is 17.5 Å². The van der Waals surface area contributed by atoms with E-state index in [1.807, 2.05) is 60.8 Å². The van der Waals surface area contributed by atoms with Gasteiger partial charge < -0.3 is 14.3 Å². The number of carbonyl (C=O) groups excluding carboxylic acids is 1. The minimum Gasteiger partial charge on any atom is -0.411 e. The number of fused-ring (bicyclic) bond motifs is 1. The molecule has 150 valence electrons. The molecule has 1 N–H and O–H groups in total. The van der Waals surface area contributed by atoms with E-state index in [-0.39, 0.29) is 12.3 Å². The summed E-state index contributed by atoms with van der Waals surface area (Å²) in [4.78, 5) is 17.9. The van der Waals surface area contributed by atoms with Crippen molar-refractivity contribution in [2.45, 2.75) is 23.8 Å². The second-order valence-electron chi connectivity index (χ2n) is 6.61. The molecule has 4 aromatic rings. The molecule has 1 amide bonds. The zero-order valence-electron chi connectivity index (χ0n) is 16.3. The molecule has 30 heavy (non-hydrogen) atoms. The van der Waals surface area contributed by atoms with Crippen molar-refractivity contribution >= 4 is 34.3 Å². The van der Waals surface area contributed by atoms with Gasteiger partial charge in [0, 0.05) is 29.3 Å². The van der Waals surface area contributed by atoms with Crippen LogP contribution in [0.1, 0.15) is 13.3 Å². The van der Waals surface area contributed by atoms with Crippen molar-refractivity contribution in [3.63, 3.8) is 0 Å². The third kappa shape index (κ3) is 4.07. The van der Waals surface area contributed by atoms with Crippen LogP contribution in [0.15, 0.2) is 70.4 Å². The third-order valence-electron chi connectivity index (χ3n) is 4.63. The summed E-state index contributed by atoms with van der Waals surface area (Å²) in [7, 11) is 0. The summed E-state index contributed by atoms with van der Waals surface area (Å²) in [6, 6.07) is 19.3. The zero-order chi connectivity index (χ0) is 20.9. The summed E-state index contributed by atoms with van der Waals surface area (Å²) in [5.74, 6) is 0.285. The first-order valence-corrected chi connectivity index (χ1v) is 10.4. The van der Waals surface area contributed by atoms with Crippen molar-refractivity contribution in [1.29, 1.82) is 5.26 Å². The predicted molar refractivity (Wildman–Crippen MR) is 116 cm³/mol. The van der Waals surface area contributed by atoms with Gasteiger partial charge in [0.1, 0.15) is 0 Å². The van der Waals surface area contributed by atoms with Crippen LogP contribution in [0, 0.1) is 11.3 Å². The molecule has 0 fully saturated rings. The van der Waals surface area contributed by atoms with E-state index >= 15 is 0 Å². The highest BCUT2D eigenvalue weighted by molar-refractivity contribution is 8.00. The fourth-order valence-corrected chi connectivity index (χ4v) is 3.92. The molecule has 1 atom stereocenters. The Morgan fingerprint density at radius 1 is 1.20 bits per heavy atom. The largest absolute Gasteiger partial charge is 0.411 e. The van der Waals surface area contributed by atoms with E-state index in [1.165, 1.54) is 11.8 Å². The molecule has 0 aliphatic heterocycles. The zero-order valence-corrected chi connectivity index (χ0v) is 17.1. The Balaban J connectivity index is 1.51. The number of nitriles is 1. The SMILES string of the molecule is C[C@H](Sc1nnc(-c2c[nH]c3ccccc23)o1)C(=O)N(CCC#N)c1ccccc1. The smallest absolute Gasteiger partial charge is 0.277 e. The van der Waals surface area contributed by atoms with Gasteiger partial charge >= 0.3 is 0 Å². The highest BCUT2D eigenvalue weighted by Gasteiger charge is 2.25. The molecule has 0 aliphatic rings. The fraction of sp³-hybridized carbons (Fsp3) is 0.182. The number of rotatable bonds is 7. The lowest BCUT2D eigenvalue weighted by molar-refractivity contribution is -0.117. The van der Waals surface area contributed by atoms with Gasteiger partial charge in [-0.1, -0.05) is 48.2 Å². The maximum absolute atomic E-state index is 13.1. The number of amides is 1. The summed E-state index contributed by atoms with van der Waals surface area (Å²) >= 11 is 1.21. The van der Waals surface area contributed by atoms with Crippen LogP contribution in [0.3, 0.4) is 0 Å². The van der Waals surface area contributed by atoms with E-state index in [4.69, 9.17) is 9.68 Å². The molecule has 2 aromatic heterocycles. The molecule has 8 heteroatoms. The van der Waals surface area contributed by atoms with Crippen molar-refractivity contribution in [1.82, 2.24) is 15.2 Å². The molecular weight excluding hydrogens is 398 g/mol. The van der Waals surface area contributed by atoms with Gasteiger partial charge in [-0.2, -0.15) is 5.26 Å². The van der Waals surface area contributed by atoms with E-state index in [2.05, 4.69) is 21.3 Å². The summed E-state index contributed by atoms with van der Waals surface area (Å²) in [5.41, 5.74) is 2.57. The second-order valence-corrected chi connectivity index (χ2v) is 7.91. The number of hydrogen-bond acceptors (Lipinski definition) is 6. The number of carbonyl (C=O) groups is 1. The Morgan fingerprint density at radius 2 is 1.97 bits per heavy atom. The van der Waals surface area contributed by atoms with Gasteiger partial charge in [0.25, 0.3) is 11.1 Å². The number of para-hydroxylation sites is 2. The molecule has 2 heterocycles. The van der Waals surface area contributed by atoms with Gasteiger partial charge in [-0.15, -0.1) is 10.2 Å². The number of H-pyrrole nitrogens is 1. The number of benzene rings is 2. The minimum absolute atomic E-state index is 0.117. The molecular formula is C22H19N5O2S. The summed E-state index contributed by atoms with van der Waals surface area (Å²) in [6.45, 7) is 2.12. The summed E-state index contributed by atoms with van der Waals surface area (Å²) < 4.78 is 5.82. The average Bonchev–Trinajstić information content (AvgIpc) is 3.41. The highest BCUT2D eigenvalue weighted by Crippen LogP contribution is 2.31. The van der Waals surface area contributed by atoms with Crippen LogP contribution >= 0.6 is 11.8 Å². The van der Waals surface area contributed by atoms with Crippen molar-refractivity contribution < 1.29 is 9.21 Å². The molecule has 7 nitrogen and oxygen atoms in total. The quantitative estimate of drug-likeness (QED) is 0.440. The Morgan fingerprint density at radius 3 is 2.77 bits per heavy atom. The third-order valence-corrected chi connectivity index (χ3v) is 5.55. The Kier molecular flexibility index (Phi) is 5.82. The molecule has 0 unspecified atom stereocenters. The van der Waals surface area contributed by atoms with Crippen LogP contribution in [0.4, 0.5) is 5.69 Å². The van der Waals surface area contributed by atoms with E-state index in [0.717, 1.165) is 22.2 Å². The molecule has 4 rings (SSSR count). The Hall–Kier alpha value is -3.57. The molecule has 0 bridgehead atoms. The number of nitrogens with zero attached hydrogens (tertiary/aromatic N) is 4. The summed E-state index contributed by atoms with van der Waals surface area (Å²) in [6.07, 6.45) is 2.09. The lowest BCUT2D eigenvalue weighted by Gasteiger charge is -2.24. The number of hydrogen-bond donors (Lipinski definition) is 1. The van der Waals surface area contributed by atoms with Gasteiger partial charge in [0.2, 0.25) is 5.91 Å². The van der Waals surface area contributed by atoms with Crippen LogP contribution in [0.25, 0.3) is 22.4 Å².